The zero-order valence-electron chi connectivity index (χ0n) is 17.3. The van der Waals surface area contributed by atoms with Gasteiger partial charge in [-0.15, -0.1) is 0 Å². The van der Waals surface area contributed by atoms with Crippen LogP contribution >= 0.6 is 0 Å². The van der Waals surface area contributed by atoms with Crippen LogP contribution in [0.3, 0.4) is 0 Å². The van der Waals surface area contributed by atoms with Gasteiger partial charge in [-0.2, -0.15) is 0 Å². The second kappa shape index (κ2) is 8.18. The van der Waals surface area contributed by atoms with E-state index in [1.165, 1.54) is 5.69 Å². The number of hydrogen-bond acceptors (Lipinski definition) is 7. The standard InChI is InChI=1S/C23H26N4O3/c1-15-11-22(26-17-3-5-21(24-13-17)23-29-9-10-30-23)19-12-18(4-6-20(19)25-15)27-7-8-28-16(2)14-27/h3-6,11-13,16,23H,7-10,14H2,1-2H3,(H,25,26). The second-order valence-electron chi connectivity index (χ2n) is 7.81. The topological polar surface area (TPSA) is 68.7 Å². The summed E-state index contributed by atoms with van der Waals surface area (Å²) in [6.07, 6.45) is 1.69. The van der Waals surface area contributed by atoms with Crippen LogP contribution in [0.5, 0.6) is 0 Å². The van der Waals surface area contributed by atoms with Crippen molar-refractivity contribution in [2.45, 2.75) is 26.2 Å². The Labute approximate surface area is 176 Å². The molecular formula is C23H26N4O3. The van der Waals surface area contributed by atoms with Crippen LogP contribution in [0.1, 0.15) is 24.6 Å². The molecule has 7 nitrogen and oxygen atoms in total. The van der Waals surface area contributed by atoms with Crippen molar-refractivity contribution in [3.8, 4) is 0 Å². The van der Waals surface area contributed by atoms with Gasteiger partial charge in [0.2, 0.25) is 6.29 Å². The van der Waals surface area contributed by atoms with E-state index in [0.29, 0.717) is 13.2 Å². The lowest BCUT2D eigenvalue weighted by Gasteiger charge is -2.33. The van der Waals surface area contributed by atoms with Crippen molar-refractivity contribution in [2.75, 3.05) is 43.1 Å². The molecule has 2 fully saturated rings. The number of morpholine rings is 1. The Balaban J connectivity index is 1.44. The third kappa shape index (κ3) is 3.96. The summed E-state index contributed by atoms with van der Waals surface area (Å²) in [4.78, 5) is 11.6. The SMILES string of the molecule is Cc1cc(Nc2ccc(C3OCCO3)nc2)c2cc(N3CCOC(C)C3)ccc2n1. The van der Waals surface area contributed by atoms with E-state index in [1.54, 1.807) is 0 Å². The number of anilines is 3. The fraction of sp³-hybridized carbons (Fsp3) is 0.391. The first-order chi connectivity index (χ1) is 14.7. The molecule has 1 aromatic carbocycles. The highest BCUT2D eigenvalue weighted by Gasteiger charge is 2.20. The van der Waals surface area contributed by atoms with Gasteiger partial charge in [0.25, 0.3) is 0 Å². The number of aromatic nitrogens is 2. The molecule has 1 N–H and O–H groups in total. The Hall–Kier alpha value is -2.74. The van der Waals surface area contributed by atoms with E-state index in [0.717, 1.165) is 53.4 Å². The minimum Gasteiger partial charge on any atom is -0.375 e. The van der Waals surface area contributed by atoms with Gasteiger partial charge < -0.3 is 24.4 Å². The molecule has 7 heteroatoms. The van der Waals surface area contributed by atoms with Gasteiger partial charge in [0.05, 0.1) is 49.0 Å². The predicted octanol–water partition coefficient (Wildman–Crippen LogP) is 3.95. The fourth-order valence-corrected chi connectivity index (χ4v) is 4.00. The van der Waals surface area contributed by atoms with Crippen molar-refractivity contribution in [3.05, 3.63) is 54.0 Å². The summed E-state index contributed by atoms with van der Waals surface area (Å²) in [6.45, 7) is 7.89. The van der Waals surface area contributed by atoms with Crippen molar-refractivity contribution in [2.24, 2.45) is 0 Å². The third-order valence-corrected chi connectivity index (χ3v) is 5.46. The van der Waals surface area contributed by atoms with Gasteiger partial charge in [-0.1, -0.05) is 0 Å². The van der Waals surface area contributed by atoms with Crippen LogP contribution in [0, 0.1) is 6.92 Å². The zero-order chi connectivity index (χ0) is 20.5. The van der Waals surface area contributed by atoms with Crippen molar-refractivity contribution >= 4 is 28.0 Å². The zero-order valence-corrected chi connectivity index (χ0v) is 17.3. The fourth-order valence-electron chi connectivity index (χ4n) is 4.00. The van der Waals surface area contributed by atoms with Crippen molar-refractivity contribution in [1.82, 2.24) is 9.97 Å². The molecular weight excluding hydrogens is 380 g/mol. The Morgan fingerprint density at radius 2 is 1.90 bits per heavy atom. The van der Waals surface area contributed by atoms with Crippen LogP contribution in [0.15, 0.2) is 42.6 Å². The number of nitrogens with one attached hydrogen (secondary N) is 1. The molecule has 30 heavy (non-hydrogen) atoms. The molecule has 0 radical (unpaired) electrons. The summed E-state index contributed by atoms with van der Waals surface area (Å²) in [6, 6.07) is 12.5. The first-order valence-electron chi connectivity index (χ1n) is 10.4. The summed E-state index contributed by atoms with van der Waals surface area (Å²) < 4.78 is 16.7. The Bertz CT molecular complexity index is 1030. The number of benzene rings is 1. The monoisotopic (exact) mass is 406 g/mol. The smallest absolute Gasteiger partial charge is 0.201 e. The first-order valence-corrected chi connectivity index (χ1v) is 10.4. The normalized spacial score (nSPS) is 20.1. The molecule has 0 amide bonds. The molecule has 0 aliphatic carbocycles. The summed E-state index contributed by atoms with van der Waals surface area (Å²) in [5.41, 5.74) is 5.85. The molecule has 2 aliphatic heterocycles. The van der Waals surface area contributed by atoms with Crippen LogP contribution in [0.2, 0.25) is 0 Å². The predicted molar refractivity (Wildman–Crippen MR) is 116 cm³/mol. The van der Waals surface area contributed by atoms with Gasteiger partial charge in [0, 0.05) is 35.5 Å². The highest BCUT2D eigenvalue weighted by atomic mass is 16.7. The van der Waals surface area contributed by atoms with E-state index >= 15 is 0 Å². The molecule has 5 rings (SSSR count). The Kier molecular flexibility index (Phi) is 5.25. The number of nitrogens with zero attached hydrogens (tertiary/aromatic N) is 3. The molecule has 1 atom stereocenters. The number of rotatable bonds is 4. The lowest BCUT2D eigenvalue weighted by Crippen LogP contribution is -2.41. The van der Waals surface area contributed by atoms with Gasteiger partial charge in [-0.25, -0.2) is 0 Å². The summed E-state index contributed by atoms with van der Waals surface area (Å²) in [7, 11) is 0. The molecule has 4 heterocycles. The van der Waals surface area contributed by atoms with Crippen molar-refractivity contribution in [1.29, 1.82) is 0 Å². The largest absolute Gasteiger partial charge is 0.375 e. The maximum Gasteiger partial charge on any atom is 0.201 e. The van der Waals surface area contributed by atoms with Gasteiger partial charge in [-0.3, -0.25) is 9.97 Å². The maximum absolute atomic E-state index is 5.69. The molecule has 2 aromatic heterocycles. The molecule has 0 saturated carbocycles. The Morgan fingerprint density at radius 1 is 1.03 bits per heavy atom. The maximum atomic E-state index is 5.69. The Morgan fingerprint density at radius 3 is 2.67 bits per heavy atom. The third-order valence-electron chi connectivity index (χ3n) is 5.46. The average molecular weight is 406 g/mol. The van der Waals surface area contributed by atoms with E-state index in [-0.39, 0.29) is 12.4 Å². The minimum absolute atomic E-state index is 0.237. The lowest BCUT2D eigenvalue weighted by atomic mass is 10.1. The van der Waals surface area contributed by atoms with Crippen molar-refractivity contribution in [3.63, 3.8) is 0 Å². The number of hydrogen-bond donors (Lipinski definition) is 1. The summed E-state index contributed by atoms with van der Waals surface area (Å²) >= 11 is 0. The number of ether oxygens (including phenoxy) is 3. The first kappa shape index (κ1) is 19.2. The van der Waals surface area contributed by atoms with E-state index in [1.807, 2.05) is 25.3 Å². The van der Waals surface area contributed by atoms with E-state index in [2.05, 4.69) is 46.4 Å². The highest BCUT2D eigenvalue weighted by Crippen LogP contribution is 2.31. The molecule has 2 aliphatic rings. The molecule has 1 unspecified atom stereocenters. The van der Waals surface area contributed by atoms with Crippen LogP contribution in [0.25, 0.3) is 10.9 Å². The number of aryl methyl sites for hydroxylation is 1. The molecule has 2 saturated heterocycles. The number of fused-ring (bicyclic) bond motifs is 1. The van der Waals surface area contributed by atoms with Crippen LogP contribution in [-0.4, -0.2) is 49.0 Å². The van der Waals surface area contributed by atoms with Gasteiger partial charge in [0.15, 0.2) is 0 Å². The van der Waals surface area contributed by atoms with E-state index in [9.17, 15) is 0 Å². The molecule has 3 aromatic rings. The van der Waals surface area contributed by atoms with E-state index in [4.69, 9.17) is 19.2 Å². The molecule has 156 valence electrons. The van der Waals surface area contributed by atoms with Gasteiger partial charge in [0.1, 0.15) is 0 Å². The van der Waals surface area contributed by atoms with Crippen LogP contribution in [0.4, 0.5) is 17.1 Å². The van der Waals surface area contributed by atoms with Crippen LogP contribution in [-0.2, 0) is 14.2 Å². The summed E-state index contributed by atoms with van der Waals surface area (Å²) in [5.74, 6) is 0. The quantitative estimate of drug-likeness (QED) is 0.703. The minimum atomic E-state index is -0.360. The van der Waals surface area contributed by atoms with Gasteiger partial charge in [-0.05, 0) is 50.2 Å². The van der Waals surface area contributed by atoms with Crippen LogP contribution < -0.4 is 10.2 Å². The van der Waals surface area contributed by atoms with E-state index < -0.39 is 0 Å². The van der Waals surface area contributed by atoms with Gasteiger partial charge >= 0.3 is 0 Å². The summed E-state index contributed by atoms with van der Waals surface area (Å²) in [5, 5.41) is 4.60. The average Bonchev–Trinajstić information content (AvgIpc) is 3.29. The van der Waals surface area contributed by atoms with Crippen molar-refractivity contribution < 1.29 is 14.2 Å². The molecule has 0 bridgehead atoms. The second-order valence-corrected chi connectivity index (χ2v) is 7.81. The molecule has 0 spiro atoms. The lowest BCUT2D eigenvalue weighted by molar-refractivity contribution is -0.0472. The number of pyridine rings is 2. The highest BCUT2D eigenvalue weighted by molar-refractivity contribution is 5.95.